The van der Waals surface area contributed by atoms with Gasteiger partial charge in [0.25, 0.3) is 0 Å². The van der Waals surface area contributed by atoms with Crippen molar-refractivity contribution >= 4 is 15.9 Å². The van der Waals surface area contributed by atoms with Gasteiger partial charge >= 0.3 is 0 Å². The molecule has 0 aliphatic carbocycles. The van der Waals surface area contributed by atoms with Gasteiger partial charge in [-0.3, -0.25) is 0 Å². The summed E-state index contributed by atoms with van der Waals surface area (Å²) in [5.41, 5.74) is 4.21. The first-order chi connectivity index (χ1) is 5.69. The third-order valence-corrected chi connectivity index (χ3v) is 2.43. The largest absolute Gasteiger partial charge is 0.192 e. The van der Waals surface area contributed by atoms with Crippen LogP contribution in [0.15, 0.2) is 12.1 Å². The molecule has 0 aromatic heterocycles. The molecule has 1 nitrogen and oxygen atoms in total. The smallest absolute Gasteiger partial charge is 0.0995 e. The molecule has 1 rings (SSSR count). The lowest BCUT2D eigenvalue weighted by atomic mass is 10.0. The Balaban J connectivity index is 3.36. The van der Waals surface area contributed by atoms with Crippen LogP contribution in [0, 0.1) is 25.2 Å². The molecule has 0 fully saturated rings. The third kappa shape index (κ3) is 1.67. The molecule has 2 heteroatoms. The Bertz CT molecular complexity index is 336. The Morgan fingerprint density at radius 2 is 2.08 bits per heavy atom. The fourth-order valence-electron chi connectivity index (χ4n) is 1.27. The Kier molecular flexibility index (Phi) is 2.88. The van der Waals surface area contributed by atoms with E-state index in [0.717, 1.165) is 22.0 Å². The normalized spacial score (nSPS) is 9.50. The van der Waals surface area contributed by atoms with Gasteiger partial charge in [-0.05, 0) is 36.6 Å². The highest BCUT2D eigenvalue weighted by Gasteiger charge is 2.04. The number of alkyl halides is 1. The van der Waals surface area contributed by atoms with E-state index in [1.54, 1.807) is 0 Å². The number of benzene rings is 1. The molecule has 0 amide bonds. The number of nitrogens with zero attached hydrogens (tertiary/aromatic N) is 1. The van der Waals surface area contributed by atoms with E-state index in [0.29, 0.717) is 0 Å². The topological polar surface area (TPSA) is 23.8 Å². The van der Waals surface area contributed by atoms with E-state index in [4.69, 9.17) is 5.26 Å². The van der Waals surface area contributed by atoms with Crippen molar-refractivity contribution in [3.63, 3.8) is 0 Å². The average Bonchev–Trinajstić information content (AvgIpc) is 2.03. The molecule has 1 aromatic rings. The molecule has 0 saturated carbocycles. The first kappa shape index (κ1) is 9.28. The summed E-state index contributed by atoms with van der Waals surface area (Å²) < 4.78 is 0. The Hall–Kier alpha value is -0.810. The standard InChI is InChI=1S/C10H10BrN/c1-7-3-8(2)10(5-11)9(4-7)6-12/h3-4H,5H2,1-2H3. The molecule has 0 aliphatic heterocycles. The van der Waals surface area contributed by atoms with Crippen LogP contribution in [0.1, 0.15) is 22.3 Å². The first-order valence-electron chi connectivity index (χ1n) is 3.75. The molecular weight excluding hydrogens is 214 g/mol. The fourth-order valence-corrected chi connectivity index (χ4v) is 2.02. The molecule has 0 N–H and O–H groups in total. The fraction of sp³-hybridized carbons (Fsp3) is 0.300. The summed E-state index contributed by atoms with van der Waals surface area (Å²) in [7, 11) is 0. The summed E-state index contributed by atoms with van der Waals surface area (Å²) in [5.74, 6) is 0. The van der Waals surface area contributed by atoms with E-state index in [1.807, 2.05) is 19.9 Å². The average molecular weight is 224 g/mol. The van der Waals surface area contributed by atoms with Crippen molar-refractivity contribution in [2.45, 2.75) is 19.2 Å². The van der Waals surface area contributed by atoms with Crippen LogP contribution < -0.4 is 0 Å². The van der Waals surface area contributed by atoms with Gasteiger partial charge in [-0.15, -0.1) is 0 Å². The van der Waals surface area contributed by atoms with Gasteiger partial charge in [0.1, 0.15) is 0 Å². The van der Waals surface area contributed by atoms with E-state index >= 15 is 0 Å². The monoisotopic (exact) mass is 223 g/mol. The minimum atomic E-state index is 0.752. The zero-order valence-electron chi connectivity index (χ0n) is 7.19. The molecule has 0 radical (unpaired) electrons. The van der Waals surface area contributed by atoms with E-state index in [2.05, 4.69) is 28.1 Å². The maximum absolute atomic E-state index is 8.83. The van der Waals surface area contributed by atoms with E-state index in [9.17, 15) is 0 Å². The zero-order chi connectivity index (χ0) is 9.14. The predicted octanol–water partition coefficient (Wildman–Crippen LogP) is 3.07. The Morgan fingerprint density at radius 1 is 1.42 bits per heavy atom. The van der Waals surface area contributed by atoms with Gasteiger partial charge in [0.15, 0.2) is 0 Å². The minimum Gasteiger partial charge on any atom is -0.192 e. The summed E-state index contributed by atoms with van der Waals surface area (Å²) >= 11 is 3.37. The molecule has 0 bridgehead atoms. The van der Waals surface area contributed by atoms with E-state index in [-0.39, 0.29) is 0 Å². The molecule has 62 valence electrons. The third-order valence-electron chi connectivity index (χ3n) is 1.87. The number of aryl methyl sites for hydroxylation is 2. The number of rotatable bonds is 1. The van der Waals surface area contributed by atoms with Crippen molar-refractivity contribution in [2.24, 2.45) is 0 Å². The first-order valence-corrected chi connectivity index (χ1v) is 4.87. The van der Waals surface area contributed by atoms with Gasteiger partial charge in [-0.25, -0.2) is 0 Å². The van der Waals surface area contributed by atoms with Crippen LogP contribution in [0.4, 0.5) is 0 Å². The second-order valence-corrected chi connectivity index (χ2v) is 3.41. The van der Waals surface area contributed by atoms with Crippen LogP contribution in [-0.4, -0.2) is 0 Å². The summed E-state index contributed by atoms with van der Waals surface area (Å²) in [6.45, 7) is 4.04. The number of halogens is 1. The summed E-state index contributed by atoms with van der Waals surface area (Å²) in [6, 6.07) is 6.21. The molecule has 0 aliphatic rings. The van der Waals surface area contributed by atoms with Crippen LogP contribution in [0.3, 0.4) is 0 Å². The number of hydrogen-bond acceptors (Lipinski definition) is 1. The van der Waals surface area contributed by atoms with E-state index < -0.39 is 0 Å². The highest BCUT2D eigenvalue weighted by atomic mass is 79.9. The van der Waals surface area contributed by atoms with Gasteiger partial charge in [0.05, 0.1) is 11.6 Å². The van der Waals surface area contributed by atoms with Crippen LogP contribution in [0.5, 0.6) is 0 Å². The van der Waals surface area contributed by atoms with Gasteiger partial charge in [0.2, 0.25) is 0 Å². The van der Waals surface area contributed by atoms with Crippen molar-refractivity contribution in [3.05, 3.63) is 34.4 Å². The molecule has 0 heterocycles. The van der Waals surface area contributed by atoms with Gasteiger partial charge in [-0.1, -0.05) is 22.0 Å². The Morgan fingerprint density at radius 3 is 2.58 bits per heavy atom. The van der Waals surface area contributed by atoms with Crippen molar-refractivity contribution in [2.75, 3.05) is 0 Å². The summed E-state index contributed by atoms with van der Waals surface area (Å²) in [4.78, 5) is 0. The highest BCUT2D eigenvalue weighted by Crippen LogP contribution is 2.18. The minimum absolute atomic E-state index is 0.752. The zero-order valence-corrected chi connectivity index (χ0v) is 8.77. The second-order valence-electron chi connectivity index (χ2n) is 2.85. The summed E-state index contributed by atoms with van der Waals surface area (Å²) in [6.07, 6.45) is 0. The quantitative estimate of drug-likeness (QED) is 0.672. The molecule has 0 saturated heterocycles. The number of hydrogen-bond donors (Lipinski definition) is 0. The maximum Gasteiger partial charge on any atom is 0.0995 e. The van der Waals surface area contributed by atoms with Crippen LogP contribution in [0.25, 0.3) is 0 Å². The van der Waals surface area contributed by atoms with Crippen molar-refractivity contribution in [1.82, 2.24) is 0 Å². The van der Waals surface area contributed by atoms with Gasteiger partial charge in [0, 0.05) is 5.33 Å². The van der Waals surface area contributed by atoms with Crippen molar-refractivity contribution in [1.29, 1.82) is 5.26 Å². The molecule has 12 heavy (non-hydrogen) atoms. The molecule has 0 atom stereocenters. The molecule has 1 aromatic carbocycles. The number of nitriles is 1. The van der Waals surface area contributed by atoms with Gasteiger partial charge < -0.3 is 0 Å². The van der Waals surface area contributed by atoms with Crippen molar-refractivity contribution < 1.29 is 0 Å². The lowest BCUT2D eigenvalue weighted by molar-refractivity contribution is 1.26. The predicted molar refractivity (Wildman–Crippen MR) is 53.3 cm³/mol. The SMILES string of the molecule is Cc1cc(C)c(CBr)c(C#N)c1. The lowest BCUT2D eigenvalue weighted by Crippen LogP contribution is -1.91. The molecule has 0 unspecified atom stereocenters. The molecular formula is C10H10BrN. The van der Waals surface area contributed by atoms with E-state index in [1.165, 1.54) is 5.56 Å². The van der Waals surface area contributed by atoms with Gasteiger partial charge in [-0.2, -0.15) is 5.26 Å². The maximum atomic E-state index is 8.83. The Labute approximate surface area is 81.2 Å². The van der Waals surface area contributed by atoms with Crippen LogP contribution in [0.2, 0.25) is 0 Å². The second kappa shape index (κ2) is 3.73. The molecule has 0 spiro atoms. The lowest BCUT2D eigenvalue weighted by Gasteiger charge is -2.05. The van der Waals surface area contributed by atoms with Crippen LogP contribution in [-0.2, 0) is 5.33 Å². The van der Waals surface area contributed by atoms with Crippen molar-refractivity contribution in [3.8, 4) is 6.07 Å². The van der Waals surface area contributed by atoms with Crippen LogP contribution >= 0.6 is 15.9 Å². The summed E-state index contributed by atoms with van der Waals surface area (Å²) in [5, 5.41) is 9.58. The highest BCUT2D eigenvalue weighted by molar-refractivity contribution is 9.08.